The average molecular weight is 313 g/mol. The van der Waals surface area contributed by atoms with Gasteiger partial charge in [0.1, 0.15) is 17.4 Å². The van der Waals surface area contributed by atoms with Crippen LogP contribution in [0, 0.1) is 11.6 Å². The third kappa shape index (κ3) is 3.69. The third-order valence-corrected chi connectivity index (χ3v) is 3.44. The van der Waals surface area contributed by atoms with Gasteiger partial charge < -0.3 is 4.74 Å². The Morgan fingerprint density at radius 2 is 2.00 bits per heavy atom. The fraction of sp³-hybridized carbons (Fsp3) is 0.200. The summed E-state index contributed by atoms with van der Waals surface area (Å²) in [6.07, 6.45) is 0.350. The fourth-order valence-electron chi connectivity index (χ4n) is 2.17. The molecule has 0 aromatic heterocycles. The molecule has 2 aromatic rings. The summed E-state index contributed by atoms with van der Waals surface area (Å²) in [5.41, 5.74) is 3.59. The van der Waals surface area contributed by atoms with Crippen LogP contribution in [0.25, 0.3) is 0 Å². The van der Waals surface area contributed by atoms with Gasteiger partial charge in [0.25, 0.3) is 0 Å². The van der Waals surface area contributed by atoms with Crippen molar-refractivity contribution in [2.75, 3.05) is 7.11 Å². The summed E-state index contributed by atoms with van der Waals surface area (Å²) in [5, 5.41) is 0.543. The number of rotatable bonds is 5. The molecule has 21 heavy (non-hydrogen) atoms. The minimum absolute atomic E-state index is 0.279. The van der Waals surface area contributed by atoms with Gasteiger partial charge in [-0.2, -0.15) is 0 Å². The summed E-state index contributed by atoms with van der Waals surface area (Å²) >= 11 is 5.97. The second kappa shape index (κ2) is 6.85. The molecule has 112 valence electrons. The molecule has 0 aliphatic carbocycles. The summed E-state index contributed by atoms with van der Waals surface area (Å²) in [6.45, 7) is 0. The maximum absolute atomic E-state index is 13.9. The lowest BCUT2D eigenvalue weighted by Gasteiger charge is -2.19. The topological polar surface area (TPSA) is 47.3 Å². The van der Waals surface area contributed by atoms with Gasteiger partial charge in [-0.15, -0.1) is 0 Å². The van der Waals surface area contributed by atoms with E-state index in [-0.39, 0.29) is 5.56 Å². The van der Waals surface area contributed by atoms with Gasteiger partial charge in [0.2, 0.25) is 0 Å². The first kappa shape index (κ1) is 15.7. The maximum Gasteiger partial charge on any atom is 0.130 e. The number of nitrogens with two attached hydrogens (primary N) is 1. The van der Waals surface area contributed by atoms with Crippen LogP contribution in [0.3, 0.4) is 0 Å². The molecule has 0 aliphatic rings. The second-order valence-corrected chi connectivity index (χ2v) is 4.98. The molecule has 0 heterocycles. The Hall–Kier alpha value is -1.69. The van der Waals surface area contributed by atoms with Crippen molar-refractivity contribution < 1.29 is 13.5 Å². The number of hydrazine groups is 1. The number of hydrogen-bond donors (Lipinski definition) is 2. The predicted octanol–water partition coefficient (Wildman–Crippen LogP) is 3.37. The molecule has 0 amide bonds. The van der Waals surface area contributed by atoms with E-state index < -0.39 is 17.7 Å². The first-order valence-corrected chi connectivity index (χ1v) is 6.66. The van der Waals surface area contributed by atoms with E-state index in [2.05, 4.69) is 5.43 Å². The van der Waals surface area contributed by atoms with Crippen molar-refractivity contribution in [3.05, 3.63) is 64.2 Å². The summed E-state index contributed by atoms with van der Waals surface area (Å²) in [4.78, 5) is 0. The van der Waals surface area contributed by atoms with Gasteiger partial charge in [-0.25, -0.2) is 8.78 Å². The number of hydrogen-bond acceptors (Lipinski definition) is 3. The molecule has 0 saturated heterocycles. The van der Waals surface area contributed by atoms with Crippen LogP contribution in [0.2, 0.25) is 5.02 Å². The molecule has 0 aliphatic heterocycles. The maximum atomic E-state index is 13.9. The van der Waals surface area contributed by atoms with Crippen LogP contribution in [0.5, 0.6) is 5.75 Å². The quantitative estimate of drug-likeness (QED) is 0.657. The highest BCUT2D eigenvalue weighted by Crippen LogP contribution is 2.28. The second-order valence-electron chi connectivity index (χ2n) is 4.55. The smallest absolute Gasteiger partial charge is 0.130 e. The van der Waals surface area contributed by atoms with E-state index in [1.165, 1.54) is 19.2 Å². The Kier molecular flexibility index (Phi) is 5.12. The number of nitrogens with one attached hydrogen (secondary N) is 1. The van der Waals surface area contributed by atoms with Crippen LogP contribution in [0.4, 0.5) is 8.78 Å². The lowest BCUT2D eigenvalue weighted by molar-refractivity contribution is 0.404. The SMILES string of the molecule is COc1ccc(Cl)cc1CC(NN)c1ccc(F)cc1F. The molecule has 6 heteroatoms. The van der Waals surface area contributed by atoms with Gasteiger partial charge in [0.05, 0.1) is 13.2 Å². The number of benzene rings is 2. The highest BCUT2D eigenvalue weighted by atomic mass is 35.5. The predicted molar refractivity (Wildman–Crippen MR) is 78.1 cm³/mol. The largest absolute Gasteiger partial charge is 0.496 e. The normalized spacial score (nSPS) is 12.2. The zero-order valence-corrected chi connectivity index (χ0v) is 12.1. The summed E-state index contributed by atoms with van der Waals surface area (Å²) in [7, 11) is 1.54. The van der Waals surface area contributed by atoms with Crippen molar-refractivity contribution in [2.45, 2.75) is 12.5 Å². The molecule has 3 nitrogen and oxygen atoms in total. The van der Waals surface area contributed by atoms with Crippen molar-refractivity contribution in [1.29, 1.82) is 0 Å². The molecule has 0 spiro atoms. The van der Waals surface area contributed by atoms with E-state index >= 15 is 0 Å². The standard InChI is InChI=1S/C15H15ClF2N2O/c1-21-15-5-2-10(16)6-9(15)7-14(20-19)12-4-3-11(17)8-13(12)18/h2-6,8,14,20H,7,19H2,1H3. The highest BCUT2D eigenvalue weighted by Gasteiger charge is 2.18. The minimum atomic E-state index is -0.654. The van der Waals surface area contributed by atoms with E-state index in [4.69, 9.17) is 22.2 Å². The van der Waals surface area contributed by atoms with E-state index in [9.17, 15) is 8.78 Å². The van der Waals surface area contributed by atoms with Crippen LogP contribution >= 0.6 is 11.6 Å². The lowest BCUT2D eigenvalue weighted by atomic mass is 9.98. The Balaban J connectivity index is 2.33. The van der Waals surface area contributed by atoms with Gasteiger partial charge in [-0.3, -0.25) is 11.3 Å². The van der Waals surface area contributed by atoms with Crippen molar-refractivity contribution in [1.82, 2.24) is 5.43 Å². The molecule has 0 fully saturated rings. The number of ether oxygens (including phenoxy) is 1. The number of halogens is 3. The number of methoxy groups -OCH3 is 1. The van der Waals surface area contributed by atoms with Crippen LogP contribution in [-0.4, -0.2) is 7.11 Å². The Morgan fingerprint density at radius 3 is 2.62 bits per heavy atom. The van der Waals surface area contributed by atoms with E-state index in [1.54, 1.807) is 18.2 Å². The Labute approximate surface area is 126 Å². The molecule has 2 rings (SSSR count). The van der Waals surface area contributed by atoms with Crippen LogP contribution < -0.4 is 16.0 Å². The molecular weight excluding hydrogens is 298 g/mol. The molecular formula is C15H15ClF2N2O. The average Bonchev–Trinajstić information content (AvgIpc) is 2.45. The first-order valence-electron chi connectivity index (χ1n) is 6.28. The van der Waals surface area contributed by atoms with Crippen LogP contribution in [0.15, 0.2) is 36.4 Å². The fourth-order valence-corrected chi connectivity index (χ4v) is 2.36. The van der Waals surface area contributed by atoms with Gasteiger partial charge in [0.15, 0.2) is 0 Å². The van der Waals surface area contributed by atoms with Crippen molar-refractivity contribution in [3.63, 3.8) is 0 Å². The van der Waals surface area contributed by atoms with Crippen LogP contribution in [-0.2, 0) is 6.42 Å². The zero-order chi connectivity index (χ0) is 15.4. The zero-order valence-electron chi connectivity index (χ0n) is 11.4. The van der Waals surface area contributed by atoms with Gasteiger partial charge in [-0.05, 0) is 36.2 Å². The van der Waals surface area contributed by atoms with Crippen molar-refractivity contribution in [3.8, 4) is 5.75 Å². The van der Waals surface area contributed by atoms with Crippen molar-refractivity contribution >= 4 is 11.6 Å². The summed E-state index contributed by atoms with van der Waals surface area (Å²) < 4.78 is 32.1. The van der Waals surface area contributed by atoms with E-state index in [0.29, 0.717) is 17.2 Å². The molecule has 1 atom stereocenters. The Morgan fingerprint density at radius 1 is 1.24 bits per heavy atom. The van der Waals surface area contributed by atoms with Gasteiger partial charge in [0, 0.05) is 16.7 Å². The summed E-state index contributed by atoms with van der Waals surface area (Å²) in [6, 6.07) is 8.02. The molecule has 3 N–H and O–H groups in total. The van der Waals surface area contributed by atoms with Gasteiger partial charge in [-0.1, -0.05) is 17.7 Å². The van der Waals surface area contributed by atoms with E-state index in [1.807, 2.05) is 0 Å². The van der Waals surface area contributed by atoms with Gasteiger partial charge >= 0.3 is 0 Å². The highest BCUT2D eigenvalue weighted by molar-refractivity contribution is 6.30. The third-order valence-electron chi connectivity index (χ3n) is 3.21. The lowest BCUT2D eigenvalue weighted by Crippen LogP contribution is -2.30. The van der Waals surface area contributed by atoms with Crippen LogP contribution in [0.1, 0.15) is 17.2 Å². The van der Waals surface area contributed by atoms with E-state index in [0.717, 1.165) is 11.6 Å². The summed E-state index contributed by atoms with van der Waals surface area (Å²) in [5.74, 6) is 4.85. The molecule has 1 unspecified atom stereocenters. The molecule has 0 saturated carbocycles. The molecule has 2 aromatic carbocycles. The Bertz CT molecular complexity index is 637. The van der Waals surface area contributed by atoms with Crippen molar-refractivity contribution in [2.24, 2.45) is 5.84 Å². The molecule has 0 bridgehead atoms. The minimum Gasteiger partial charge on any atom is -0.496 e. The first-order chi connectivity index (χ1) is 10.0. The monoisotopic (exact) mass is 312 g/mol. The molecule has 0 radical (unpaired) electrons.